The van der Waals surface area contributed by atoms with E-state index in [1.54, 1.807) is 0 Å². The van der Waals surface area contributed by atoms with Gasteiger partial charge >= 0.3 is 5.97 Å². The molecule has 0 spiro atoms. The number of fused-ring (bicyclic) bond motifs is 1. The third kappa shape index (κ3) is 2.32. The van der Waals surface area contributed by atoms with Crippen LogP contribution in [0.15, 0.2) is 24.5 Å². The third-order valence-corrected chi connectivity index (χ3v) is 3.52. The van der Waals surface area contributed by atoms with E-state index in [-0.39, 0.29) is 10.6 Å². The Bertz CT molecular complexity index is 688. The molecule has 0 bridgehead atoms. The first kappa shape index (κ1) is 12.9. The minimum Gasteiger partial charge on any atom is -0.478 e. The standard InChI is InChI=1S/C14H11ClN2O3/c15-10-6-8(14(18)19)4-5-12(10)20-13-9-2-1-3-11(9)16-7-17-13/h4-7H,1-3H2,(H,18,19). The van der Waals surface area contributed by atoms with E-state index in [0.717, 1.165) is 30.5 Å². The lowest BCUT2D eigenvalue weighted by Crippen LogP contribution is -1.99. The average Bonchev–Trinajstić information content (AvgIpc) is 2.90. The van der Waals surface area contributed by atoms with Crippen LogP contribution in [0.25, 0.3) is 0 Å². The molecule has 5 nitrogen and oxygen atoms in total. The second kappa shape index (κ2) is 5.09. The van der Waals surface area contributed by atoms with Crippen LogP contribution < -0.4 is 4.74 Å². The third-order valence-electron chi connectivity index (χ3n) is 3.22. The Morgan fingerprint density at radius 2 is 2.15 bits per heavy atom. The molecule has 102 valence electrons. The molecule has 6 heteroatoms. The summed E-state index contributed by atoms with van der Waals surface area (Å²) in [5, 5.41) is 9.14. The number of carbonyl (C=O) groups is 1. The lowest BCUT2D eigenvalue weighted by Gasteiger charge is -2.10. The number of halogens is 1. The smallest absolute Gasteiger partial charge is 0.335 e. The summed E-state index contributed by atoms with van der Waals surface area (Å²) >= 11 is 6.04. The van der Waals surface area contributed by atoms with Crippen LogP contribution in [0.1, 0.15) is 28.0 Å². The monoisotopic (exact) mass is 290 g/mol. The molecule has 0 unspecified atom stereocenters. The van der Waals surface area contributed by atoms with Crippen LogP contribution in [0.3, 0.4) is 0 Å². The summed E-state index contributed by atoms with van der Waals surface area (Å²) in [5.74, 6) is -0.136. The molecule has 0 fully saturated rings. The molecule has 1 aromatic heterocycles. The Kier molecular flexibility index (Phi) is 3.28. The molecular formula is C14H11ClN2O3. The van der Waals surface area contributed by atoms with Crippen molar-refractivity contribution in [2.45, 2.75) is 19.3 Å². The number of aromatic carboxylic acids is 1. The van der Waals surface area contributed by atoms with E-state index >= 15 is 0 Å². The highest BCUT2D eigenvalue weighted by Crippen LogP contribution is 2.34. The van der Waals surface area contributed by atoms with Gasteiger partial charge in [-0.2, -0.15) is 0 Å². The number of carboxylic acid groups (broad SMARTS) is 1. The van der Waals surface area contributed by atoms with Gasteiger partial charge in [-0.15, -0.1) is 0 Å². The van der Waals surface area contributed by atoms with Gasteiger partial charge < -0.3 is 9.84 Å². The molecular weight excluding hydrogens is 280 g/mol. The Balaban J connectivity index is 1.92. The predicted octanol–water partition coefficient (Wildman–Crippen LogP) is 3.11. The van der Waals surface area contributed by atoms with Gasteiger partial charge in [-0.1, -0.05) is 11.6 Å². The molecule has 0 aliphatic heterocycles. The summed E-state index contributed by atoms with van der Waals surface area (Å²) in [6.45, 7) is 0. The lowest BCUT2D eigenvalue weighted by atomic mass is 10.2. The van der Waals surface area contributed by atoms with Crippen molar-refractivity contribution >= 4 is 17.6 Å². The number of nitrogens with zero attached hydrogens (tertiary/aromatic N) is 2. The maximum atomic E-state index is 10.9. The molecule has 1 aliphatic carbocycles. The summed E-state index contributed by atoms with van der Waals surface area (Å²) in [7, 11) is 0. The van der Waals surface area contributed by atoms with Crippen molar-refractivity contribution in [3.63, 3.8) is 0 Å². The van der Waals surface area contributed by atoms with E-state index < -0.39 is 5.97 Å². The van der Waals surface area contributed by atoms with Crippen LogP contribution in [-0.2, 0) is 12.8 Å². The lowest BCUT2D eigenvalue weighted by molar-refractivity contribution is 0.0697. The Labute approximate surface area is 120 Å². The van der Waals surface area contributed by atoms with Gasteiger partial charge in [-0.05, 0) is 37.5 Å². The van der Waals surface area contributed by atoms with Crippen molar-refractivity contribution < 1.29 is 14.6 Å². The number of hydrogen-bond donors (Lipinski definition) is 1. The number of carboxylic acids is 1. The maximum Gasteiger partial charge on any atom is 0.335 e. The average molecular weight is 291 g/mol. The van der Waals surface area contributed by atoms with Crippen LogP contribution in [-0.4, -0.2) is 21.0 Å². The minimum atomic E-state index is -1.03. The van der Waals surface area contributed by atoms with Crippen molar-refractivity contribution in [1.82, 2.24) is 9.97 Å². The normalized spacial score (nSPS) is 13.1. The Morgan fingerprint density at radius 1 is 1.30 bits per heavy atom. The van der Waals surface area contributed by atoms with Crippen molar-refractivity contribution in [3.05, 3.63) is 46.4 Å². The SMILES string of the molecule is O=C(O)c1ccc(Oc2ncnc3c2CCC3)c(Cl)c1. The minimum absolute atomic E-state index is 0.121. The molecule has 1 aromatic carbocycles. The van der Waals surface area contributed by atoms with E-state index in [2.05, 4.69) is 9.97 Å². The molecule has 0 amide bonds. The largest absolute Gasteiger partial charge is 0.478 e. The molecule has 1 heterocycles. The van der Waals surface area contributed by atoms with Gasteiger partial charge in [0.15, 0.2) is 0 Å². The van der Waals surface area contributed by atoms with Gasteiger partial charge in [0, 0.05) is 5.56 Å². The Hall–Kier alpha value is -2.14. The summed E-state index contributed by atoms with van der Waals surface area (Å²) in [6, 6.07) is 4.35. The first-order valence-electron chi connectivity index (χ1n) is 6.18. The fourth-order valence-electron chi connectivity index (χ4n) is 2.24. The van der Waals surface area contributed by atoms with Crippen LogP contribution in [0.5, 0.6) is 11.6 Å². The van der Waals surface area contributed by atoms with Crippen LogP contribution >= 0.6 is 11.6 Å². The number of aromatic nitrogens is 2. The molecule has 1 N–H and O–H groups in total. The number of benzene rings is 1. The fraction of sp³-hybridized carbons (Fsp3) is 0.214. The molecule has 0 atom stereocenters. The number of hydrogen-bond acceptors (Lipinski definition) is 4. The molecule has 0 radical (unpaired) electrons. The van der Waals surface area contributed by atoms with Crippen molar-refractivity contribution in [1.29, 1.82) is 0 Å². The molecule has 1 aliphatic rings. The maximum absolute atomic E-state index is 10.9. The molecule has 0 saturated heterocycles. The summed E-state index contributed by atoms with van der Waals surface area (Å²) in [6.07, 6.45) is 4.32. The zero-order valence-corrected chi connectivity index (χ0v) is 11.2. The highest BCUT2D eigenvalue weighted by atomic mass is 35.5. The van der Waals surface area contributed by atoms with Gasteiger partial charge in [0.25, 0.3) is 0 Å². The second-order valence-electron chi connectivity index (χ2n) is 4.51. The summed E-state index contributed by atoms with van der Waals surface area (Å²) in [4.78, 5) is 19.2. The van der Waals surface area contributed by atoms with Gasteiger partial charge in [-0.25, -0.2) is 14.8 Å². The molecule has 2 aromatic rings. The van der Waals surface area contributed by atoms with Crippen molar-refractivity contribution in [2.75, 3.05) is 0 Å². The number of rotatable bonds is 3. The van der Waals surface area contributed by atoms with E-state index in [4.69, 9.17) is 21.4 Å². The highest BCUT2D eigenvalue weighted by Gasteiger charge is 2.19. The van der Waals surface area contributed by atoms with Gasteiger partial charge in [-0.3, -0.25) is 0 Å². The number of aryl methyl sites for hydroxylation is 1. The van der Waals surface area contributed by atoms with E-state index in [1.165, 1.54) is 24.5 Å². The van der Waals surface area contributed by atoms with E-state index in [0.29, 0.717) is 11.6 Å². The van der Waals surface area contributed by atoms with Crippen LogP contribution in [0, 0.1) is 0 Å². The first-order valence-corrected chi connectivity index (χ1v) is 6.56. The number of ether oxygens (including phenoxy) is 1. The Morgan fingerprint density at radius 3 is 2.90 bits per heavy atom. The molecule has 0 saturated carbocycles. The summed E-state index contributed by atoms with van der Waals surface area (Å²) in [5.41, 5.74) is 2.13. The first-order chi connectivity index (χ1) is 9.65. The van der Waals surface area contributed by atoms with Crippen molar-refractivity contribution in [3.8, 4) is 11.6 Å². The van der Waals surface area contributed by atoms with Gasteiger partial charge in [0.05, 0.1) is 16.3 Å². The van der Waals surface area contributed by atoms with Gasteiger partial charge in [0.2, 0.25) is 5.88 Å². The molecule has 20 heavy (non-hydrogen) atoms. The summed E-state index contributed by atoms with van der Waals surface area (Å²) < 4.78 is 5.71. The zero-order chi connectivity index (χ0) is 14.1. The topological polar surface area (TPSA) is 72.3 Å². The fourth-order valence-corrected chi connectivity index (χ4v) is 2.46. The highest BCUT2D eigenvalue weighted by molar-refractivity contribution is 6.32. The quantitative estimate of drug-likeness (QED) is 0.940. The van der Waals surface area contributed by atoms with Gasteiger partial charge in [0.1, 0.15) is 12.1 Å². The van der Waals surface area contributed by atoms with Crippen LogP contribution in [0.2, 0.25) is 5.02 Å². The zero-order valence-electron chi connectivity index (χ0n) is 10.5. The van der Waals surface area contributed by atoms with Crippen LogP contribution in [0.4, 0.5) is 0 Å². The second-order valence-corrected chi connectivity index (χ2v) is 4.92. The molecule has 3 rings (SSSR count). The van der Waals surface area contributed by atoms with Crippen molar-refractivity contribution in [2.24, 2.45) is 0 Å². The van der Waals surface area contributed by atoms with E-state index in [1.807, 2.05) is 0 Å². The van der Waals surface area contributed by atoms with E-state index in [9.17, 15) is 4.79 Å². The predicted molar refractivity (Wildman–Crippen MR) is 72.5 cm³/mol.